The quantitative estimate of drug-likeness (QED) is 0.908. The second-order valence-electron chi connectivity index (χ2n) is 4.95. The van der Waals surface area contributed by atoms with Gasteiger partial charge in [-0.05, 0) is 60.9 Å². The Morgan fingerprint density at radius 1 is 1.38 bits per heavy atom. The molecule has 3 nitrogen and oxygen atoms in total. The number of nitrogens with zero attached hydrogens (tertiary/aromatic N) is 2. The lowest BCUT2D eigenvalue weighted by atomic mass is 9.84. The number of hydrogen-bond acceptors (Lipinski definition) is 2. The molecule has 0 radical (unpaired) electrons. The van der Waals surface area contributed by atoms with E-state index in [4.69, 9.17) is 5.73 Å². The van der Waals surface area contributed by atoms with Gasteiger partial charge in [-0.1, -0.05) is 0 Å². The summed E-state index contributed by atoms with van der Waals surface area (Å²) in [4.78, 5) is 0. The first-order chi connectivity index (χ1) is 7.58. The third-order valence-corrected chi connectivity index (χ3v) is 4.67. The van der Waals surface area contributed by atoms with Crippen LogP contribution in [0.4, 0.5) is 0 Å². The molecule has 2 N–H and O–H groups in total. The first-order valence-corrected chi connectivity index (χ1v) is 6.80. The molecular weight excluding hydrogens is 266 g/mol. The minimum Gasteiger partial charge on any atom is -0.328 e. The van der Waals surface area contributed by atoms with E-state index in [-0.39, 0.29) is 0 Å². The predicted octanol–water partition coefficient (Wildman–Crippen LogP) is 2.55. The molecule has 1 aliphatic carbocycles. The Bertz CT molecular complexity index is 365. The summed E-state index contributed by atoms with van der Waals surface area (Å²) in [6, 6.07) is 0.438. The average Bonchev–Trinajstić information content (AvgIpc) is 2.48. The van der Waals surface area contributed by atoms with Crippen LogP contribution in [0, 0.1) is 12.8 Å². The van der Waals surface area contributed by atoms with E-state index in [1.54, 1.807) is 0 Å². The molecule has 0 bridgehead atoms. The van der Waals surface area contributed by atoms with Crippen molar-refractivity contribution >= 4 is 15.9 Å². The molecule has 0 aromatic carbocycles. The molecule has 16 heavy (non-hydrogen) atoms. The summed E-state index contributed by atoms with van der Waals surface area (Å²) in [6.07, 6.45) is 6.01. The molecule has 0 spiro atoms. The van der Waals surface area contributed by atoms with Crippen molar-refractivity contribution in [3.8, 4) is 0 Å². The lowest BCUT2D eigenvalue weighted by Gasteiger charge is -2.26. The van der Waals surface area contributed by atoms with Crippen molar-refractivity contribution in [1.82, 2.24) is 9.78 Å². The highest BCUT2D eigenvalue weighted by atomic mass is 79.9. The van der Waals surface area contributed by atoms with Crippen molar-refractivity contribution in [2.24, 2.45) is 18.7 Å². The molecule has 0 amide bonds. The number of halogens is 1. The lowest BCUT2D eigenvalue weighted by Crippen LogP contribution is -2.27. The number of hydrogen-bond donors (Lipinski definition) is 1. The largest absolute Gasteiger partial charge is 0.328 e. The zero-order chi connectivity index (χ0) is 11.7. The minimum atomic E-state index is 0.438. The zero-order valence-electron chi connectivity index (χ0n) is 10.0. The van der Waals surface area contributed by atoms with E-state index in [1.165, 1.54) is 35.8 Å². The first-order valence-electron chi connectivity index (χ1n) is 6.01. The Morgan fingerprint density at radius 3 is 2.50 bits per heavy atom. The molecule has 1 heterocycles. The van der Waals surface area contributed by atoms with Gasteiger partial charge in [0, 0.05) is 13.1 Å². The van der Waals surface area contributed by atoms with E-state index in [1.807, 2.05) is 18.7 Å². The summed E-state index contributed by atoms with van der Waals surface area (Å²) in [7, 11) is 2.03. The van der Waals surface area contributed by atoms with E-state index >= 15 is 0 Å². The predicted molar refractivity (Wildman–Crippen MR) is 69.3 cm³/mol. The fourth-order valence-electron chi connectivity index (χ4n) is 2.57. The molecule has 2 rings (SSSR count). The molecular formula is C12H20BrN3. The molecule has 1 fully saturated rings. The molecule has 0 atom stereocenters. The SMILES string of the molecule is Cc1nn(C)c(CC2CCC(N)CC2)c1Br. The standard InChI is InChI=1S/C12H20BrN3/c1-8-12(13)11(16(2)15-8)7-9-3-5-10(14)6-4-9/h9-10H,3-7,14H2,1-2H3. The lowest BCUT2D eigenvalue weighted by molar-refractivity contribution is 0.320. The van der Waals surface area contributed by atoms with Crippen LogP contribution in [0.3, 0.4) is 0 Å². The summed E-state index contributed by atoms with van der Waals surface area (Å²) in [5.41, 5.74) is 8.35. The van der Waals surface area contributed by atoms with Gasteiger partial charge < -0.3 is 5.73 Å². The first kappa shape index (κ1) is 12.1. The zero-order valence-corrected chi connectivity index (χ0v) is 11.6. The van der Waals surface area contributed by atoms with Crippen molar-refractivity contribution in [3.63, 3.8) is 0 Å². The number of rotatable bonds is 2. The molecule has 1 aromatic heterocycles. The molecule has 1 saturated carbocycles. The van der Waals surface area contributed by atoms with Crippen LogP contribution in [-0.2, 0) is 13.5 Å². The summed E-state index contributed by atoms with van der Waals surface area (Å²) in [5, 5.41) is 4.44. The number of nitrogens with two attached hydrogens (primary N) is 1. The Balaban J connectivity index is 2.03. The van der Waals surface area contributed by atoms with Crippen molar-refractivity contribution in [1.29, 1.82) is 0 Å². The number of aromatic nitrogens is 2. The van der Waals surface area contributed by atoms with Crippen LogP contribution in [0.15, 0.2) is 4.47 Å². The highest BCUT2D eigenvalue weighted by Gasteiger charge is 2.21. The highest BCUT2D eigenvalue weighted by Crippen LogP contribution is 2.30. The molecule has 0 aliphatic heterocycles. The summed E-state index contributed by atoms with van der Waals surface area (Å²) < 4.78 is 3.19. The second-order valence-corrected chi connectivity index (χ2v) is 5.75. The van der Waals surface area contributed by atoms with Crippen molar-refractivity contribution in [2.45, 2.75) is 45.1 Å². The third kappa shape index (κ3) is 2.48. The smallest absolute Gasteiger partial charge is 0.0738 e. The van der Waals surface area contributed by atoms with E-state index in [0.717, 1.165) is 18.0 Å². The summed E-state index contributed by atoms with van der Waals surface area (Å²) >= 11 is 3.63. The normalized spacial score (nSPS) is 26.0. The van der Waals surface area contributed by atoms with E-state index in [2.05, 4.69) is 21.0 Å². The summed E-state index contributed by atoms with van der Waals surface area (Å²) in [6.45, 7) is 2.05. The van der Waals surface area contributed by atoms with Crippen molar-refractivity contribution < 1.29 is 0 Å². The molecule has 1 aromatic rings. The van der Waals surface area contributed by atoms with Gasteiger partial charge in [0.15, 0.2) is 0 Å². The molecule has 4 heteroatoms. The van der Waals surface area contributed by atoms with Crippen molar-refractivity contribution in [3.05, 3.63) is 15.9 Å². The van der Waals surface area contributed by atoms with Gasteiger partial charge in [-0.25, -0.2) is 0 Å². The van der Waals surface area contributed by atoms with Gasteiger partial charge in [0.1, 0.15) is 0 Å². The highest BCUT2D eigenvalue weighted by molar-refractivity contribution is 9.10. The second kappa shape index (κ2) is 4.88. The fourth-order valence-corrected chi connectivity index (χ4v) is 3.07. The van der Waals surface area contributed by atoms with Gasteiger partial charge in [-0.15, -0.1) is 0 Å². The minimum absolute atomic E-state index is 0.438. The monoisotopic (exact) mass is 285 g/mol. The van der Waals surface area contributed by atoms with E-state index in [0.29, 0.717) is 6.04 Å². The van der Waals surface area contributed by atoms with Gasteiger partial charge in [0.05, 0.1) is 15.9 Å². The average molecular weight is 286 g/mol. The number of aryl methyl sites for hydroxylation is 2. The van der Waals surface area contributed by atoms with Gasteiger partial charge in [-0.3, -0.25) is 4.68 Å². The summed E-state index contributed by atoms with van der Waals surface area (Å²) in [5.74, 6) is 0.783. The Hall–Kier alpha value is -0.350. The van der Waals surface area contributed by atoms with Gasteiger partial charge in [0.2, 0.25) is 0 Å². The molecule has 90 valence electrons. The Labute approximate surface area is 106 Å². The maximum atomic E-state index is 5.93. The molecule has 1 aliphatic rings. The maximum absolute atomic E-state index is 5.93. The molecule has 0 unspecified atom stereocenters. The fraction of sp³-hybridized carbons (Fsp3) is 0.750. The van der Waals surface area contributed by atoms with Gasteiger partial charge in [0.25, 0.3) is 0 Å². The topological polar surface area (TPSA) is 43.8 Å². The Morgan fingerprint density at radius 2 is 2.00 bits per heavy atom. The molecule has 0 saturated heterocycles. The van der Waals surface area contributed by atoms with Crippen LogP contribution in [0.5, 0.6) is 0 Å². The van der Waals surface area contributed by atoms with Crippen molar-refractivity contribution in [2.75, 3.05) is 0 Å². The third-order valence-electron chi connectivity index (χ3n) is 3.64. The van der Waals surface area contributed by atoms with Crippen LogP contribution < -0.4 is 5.73 Å². The van der Waals surface area contributed by atoms with Crippen LogP contribution in [-0.4, -0.2) is 15.8 Å². The van der Waals surface area contributed by atoms with Gasteiger partial charge in [-0.2, -0.15) is 5.10 Å². The Kier molecular flexibility index (Phi) is 3.70. The van der Waals surface area contributed by atoms with Crippen LogP contribution in [0.25, 0.3) is 0 Å². The van der Waals surface area contributed by atoms with Crippen LogP contribution in [0.1, 0.15) is 37.1 Å². The van der Waals surface area contributed by atoms with E-state index < -0.39 is 0 Å². The maximum Gasteiger partial charge on any atom is 0.0738 e. The van der Waals surface area contributed by atoms with E-state index in [9.17, 15) is 0 Å². The van der Waals surface area contributed by atoms with Crippen LogP contribution >= 0.6 is 15.9 Å². The van der Waals surface area contributed by atoms with Gasteiger partial charge >= 0.3 is 0 Å². The van der Waals surface area contributed by atoms with Crippen LogP contribution in [0.2, 0.25) is 0 Å².